The summed E-state index contributed by atoms with van der Waals surface area (Å²) in [6.07, 6.45) is 6.65. The standard InChI is InChI=1S/C48H37NOS/c1-3-11-32(12-4-1)33-21-26-37(27-22-33)49(38-28-23-34(24-29-38)36-25-30-41-40-15-7-8-19-44(40)50-45(41)31-36)43-18-10-20-46-47(43)42-17-9-16-39(48(42)51-46)35-13-5-2-6-14-35/h1,3-4,7-12,15-31,35H,2,5-6,13-14H2. The van der Waals surface area contributed by atoms with Crippen LogP contribution in [-0.4, -0.2) is 0 Å². The van der Waals surface area contributed by atoms with Crippen LogP contribution < -0.4 is 4.90 Å². The summed E-state index contributed by atoms with van der Waals surface area (Å²) >= 11 is 1.97. The van der Waals surface area contributed by atoms with Gasteiger partial charge in [0.1, 0.15) is 11.2 Å². The first-order valence-electron chi connectivity index (χ1n) is 18.2. The van der Waals surface area contributed by atoms with E-state index in [-0.39, 0.29) is 0 Å². The van der Waals surface area contributed by atoms with Gasteiger partial charge >= 0.3 is 0 Å². The molecule has 10 rings (SSSR count). The molecular formula is C48H37NOS. The van der Waals surface area contributed by atoms with Gasteiger partial charge in [-0.15, -0.1) is 11.3 Å². The van der Waals surface area contributed by atoms with Crippen molar-refractivity contribution in [2.75, 3.05) is 4.90 Å². The summed E-state index contributed by atoms with van der Waals surface area (Å²) in [6, 6.07) is 57.4. The van der Waals surface area contributed by atoms with Gasteiger partial charge in [0.25, 0.3) is 0 Å². The first-order chi connectivity index (χ1) is 25.3. The molecule has 0 radical (unpaired) electrons. The van der Waals surface area contributed by atoms with Crippen molar-refractivity contribution in [2.45, 2.75) is 38.0 Å². The van der Waals surface area contributed by atoms with Crippen LogP contribution in [0.1, 0.15) is 43.6 Å². The SMILES string of the molecule is c1ccc(-c2ccc(N(c3ccc(-c4ccc5c(c4)oc4ccccc45)cc3)c3cccc4sc5c(C6CCCCC6)cccc5c34)cc2)cc1. The molecule has 9 aromatic rings. The van der Waals surface area contributed by atoms with Crippen LogP contribution in [-0.2, 0) is 0 Å². The Labute approximate surface area is 302 Å². The highest BCUT2D eigenvalue weighted by molar-refractivity contribution is 7.26. The maximum absolute atomic E-state index is 6.24. The molecule has 1 aliphatic rings. The first-order valence-corrected chi connectivity index (χ1v) is 19.0. The Morgan fingerprint density at radius 3 is 1.90 bits per heavy atom. The summed E-state index contributed by atoms with van der Waals surface area (Å²) in [4.78, 5) is 2.45. The molecule has 0 unspecified atom stereocenters. The lowest BCUT2D eigenvalue weighted by Crippen LogP contribution is -2.10. The average molecular weight is 676 g/mol. The van der Waals surface area contributed by atoms with Crippen LogP contribution in [0.2, 0.25) is 0 Å². The topological polar surface area (TPSA) is 16.4 Å². The van der Waals surface area contributed by atoms with E-state index in [4.69, 9.17) is 4.42 Å². The summed E-state index contributed by atoms with van der Waals surface area (Å²) in [6.45, 7) is 0. The van der Waals surface area contributed by atoms with Crippen molar-refractivity contribution in [3.63, 3.8) is 0 Å². The zero-order valence-corrected chi connectivity index (χ0v) is 29.2. The Hall–Kier alpha value is -5.64. The Kier molecular flexibility index (Phi) is 7.46. The van der Waals surface area contributed by atoms with E-state index in [9.17, 15) is 0 Å². The van der Waals surface area contributed by atoms with E-state index in [1.807, 2.05) is 23.5 Å². The van der Waals surface area contributed by atoms with E-state index in [0.717, 1.165) is 44.4 Å². The zero-order valence-electron chi connectivity index (χ0n) is 28.4. The average Bonchev–Trinajstić information content (AvgIpc) is 3.78. The summed E-state index contributed by atoms with van der Waals surface area (Å²) in [5.74, 6) is 0.659. The third-order valence-electron chi connectivity index (χ3n) is 10.9. The molecule has 2 nitrogen and oxygen atoms in total. The largest absolute Gasteiger partial charge is 0.456 e. The molecular weight excluding hydrogens is 639 g/mol. The van der Waals surface area contributed by atoms with E-state index in [1.165, 1.54) is 69.1 Å². The van der Waals surface area contributed by atoms with Crippen LogP contribution in [0, 0.1) is 0 Å². The lowest BCUT2D eigenvalue weighted by molar-refractivity contribution is 0.446. The van der Waals surface area contributed by atoms with Gasteiger partial charge < -0.3 is 9.32 Å². The molecule has 246 valence electrons. The van der Waals surface area contributed by atoms with Crippen LogP contribution in [0.25, 0.3) is 64.4 Å². The van der Waals surface area contributed by atoms with Gasteiger partial charge in [0.2, 0.25) is 0 Å². The zero-order chi connectivity index (χ0) is 33.7. The van der Waals surface area contributed by atoms with Crippen molar-refractivity contribution < 1.29 is 4.42 Å². The van der Waals surface area contributed by atoms with Gasteiger partial charge in [-0.1, -0.05) is 122 Å². The number of rotatable bonds is 6. The molecule has 51 heavy (non-hydrogen) atoms. The number of para-hydroxylation sites is 1. The molecule has 2 heterocycles. The molecule has 1 aliphatic carbocycles. The lowest BCUT2D eigenvalue weighted by atomic mass is 9.83. The van der Waals surface area contributed by atoms with Crippen molar-refractivity contribution >= 4 is 70.5 Å². The second-order valence-electron chi connectivity index (χ2n) is 13.9. The maximum Gasteiger partial charge on any atom is 0.136 e. The summed E-state index contributed by atoms with van der Waals surface area (Å²) in [5, 5.41) is 5.01. The molecule has 7 aromatic carbocycles. The van der Waals surface area contributed by atoms with Crippen molar-refractivity contribution in [1.82, 2.24) is 0 Å². The number of fused-ring (bicyclic) bond motifs is 6. The van der Waals surface area contributed by atoms with Crippen LogP contribution in [0.15, 0.2) is 162 Å². The minimum absolute atomic E-state index is 0.659. The smallest absolute Gasteiger partial charge is 0.136 e. The molecule has 2 aromatic heterocycles. The summed E-state index contributed by atoms with van der Waals surface area (Å²) in [5.41, 5.74) is 11.6. The van der Waals surface area contributed by atoms with E-state index in [0.29, 0.717) is 5.92 Å². The van der Waals surface area contributed by atoms with Gasteiger partial charge in [-0.3, -0.25) is 0 Å². The minimum Gasteiger partial charge on any atom is -0.456 e. The molecule has 0 amide bonds. The summed E-state index contributed by atoms with van der Waals surface area (Å²) < 4.78 is 9.04. The third kappa shape index (κ3) is 5.32. The van der Waals surface area contributed by atoms with Crippen molar-refractivity contribution in [2.24, 2.45) is 0 Å². The number of nitrogens with zero attached hydrogens (tertiary/aromatic N) is 1. The number of furan rings is 1. The van der Waals surface area contributed by atoms with Crippen molar-refractivity contribution in [1.29, 1.82) is 0 Å². The first kappa shape index (κ1) is 30.2. The predicted octanol–water partition coefficient (Wildman–Crippen LogP) is 14.8. The van der Waals surface area contributed by atoms with Gasteiger partial charge in [-0.2, -0.15) is 0 Å². The number of anilines is 3. The second-order valence-corrected chi connectivity index (χ2v) is 15.0. The number of hydrogen-bond donors (Lipinski definition) is 0. The molecule has 0 saturated heterocycles. The van der Waals surface area contributed by atoms with Gasteiger partial charge in [-0.05, 0) is 101 Å². The minimum atomic E-state index is 0.659. The highest BCUT2D eigenvalue weighted by atomic mass is 32.1. The van der Waals surface area contributed by atoms with Crippen LogP contribution in [0.5, 0.6) is 0 Å². The van der Waals surface area contributed by atoms with Gasteiger partial charge in [0.05, 0.1) is 5.69 Å². The molecule has 1 saturated carbocycles. The molecule has 0 N–H and O–H groups in total. The molecule has 0 bridgehead atoms. The monoisotopic (exact) mass is 675 g/mol. The third-order valence-corrected chi connectivity index (χ3v) is 12.1. The fourth-order valence-electron chi connectivity index (χ4n) is 8.34. The van der Waals surface area contributed by atoms with Gasteiger partial charge in [0, 0.05) is 42.3 Å². The number of thiophene rings is 1. The molecule has 0 atom stereocenters. The Morgan fingerprint density at radius 2 is 1.12 bits per heavy atom. The Bertz CT molecular complexity index is 2660. The molecule has 0 spiro atoms. The van der Waals surface area contributed by atoms with Crippen molar-refractivity contribution in [3.05, 3.63) is 163 Å². The van der Waals surface area contributed by atoms with E-state index < -0.39 is 0 Å². The molecule has 0 aliphatic heterocycles. The van der Waals surface area contributed by atoms with Crippen molar-refractivity contribution in [3.8, 4) is 22.3 Å². The van der Waals surface area contributed by atoms with Crippen LogP contribution in [0.4, 0.5) is 17.1 Å². The predicted molar refractivity (Wildman–Crippen MR) is 218 cm³/mol. The van der Waals surface area contributed by atoms with Crippen LogP contribution >= 0.6 is 11.3 Å². The normalized spacial score (nSPS) is 13.8. The molecule has 3 heteroatoms. The van der Waals surface area contributed by atoms with Gasteiger partial charge in [0.15, 0.2) is 0 Å². The van der Waals surface area contributed by atoms with E-state index in [1.54, 1.807) is 5.56 Å². The van der Waals surface area contributed by atoms with Gasteiger partial charge in [-0.25, -0.2) is 0 Å². The Morgan fingerprint density at radius 1 is 0.490 bits per heavy atom. The summed E-state index contributed by atoms with van der Waals surface area (Å²) in [7, 11) is 0. The fourth-order valence-corrected chi connectivity index (χ4v) is 9.66. The fraction of sp³-hybridized carbons (Fsp3) is 0.125. The van der Waals surface area contributed by atoms with Crippen LogP contribution in [0.3, 0.4) is 0 Å². The maximum atomic E-state index is 6.24. The Balaban J connectivity index is 1.10. The number of hydrogen-bond acceptors (Lipinski definition) is 3. The quantitative estimate of drug-likeness (QED) is 0.174. The molecule has 1 fully saturated rings. The highest BCUT2D eigenvalue weighted by Crippen LogP contribution is 2.48. The second kappa shape index (κ2) is 12.6. The van der Waals surface area contributed by atoms with E-state index in [2.05, 4.69) is 150 Å². The lowest BCUT2D eigenvalue weighted by Gasteiger charge is -2.27. The number of benzene rings is 7. The highest BCUT2D eigenvalue weighted by Gasteiger charge is 2.23. The van der Waals surface area contributed by atoms with E-state index >= 15 is 0 Å².